The molecule has 0 radical (unpaired) electrons. The number of anilines is 1. The first-order valence-electron chi connectivity index (χ1n) is 9.06. The number of carbonyl (C=O) groups is 1. The summed E-state index contributed by atoms with van der Waals surface area (Å²) in [5, 5.41) is 3.96. The molecule has 0 N–H and O–H groups in total. The Kier molecular flexibility index (Phi) is 5.68. The van der Waals surface area contributed by atoms with Gasteiger partial charge in [0, 0.05) is 25.2 Å². The molecule has 0 bridgehead atoms. The number of hydrogen-bond acceptors (Lipinski definition) is 5. The van der Waals surface area contributed by atoms with Crippen molar-refractivity contribution in [3.8, 4) is 0 Å². The van der Waals surface area contributed by atoms with Crippen molar-refractivity contribution in [3.05, 3.63) is 41.5 Å². The van der Waals surface area contributed by atoms with Crippen LogP contribution in [0.15, 0.2) is 28.8 Å². The molecule has 3 rings (SSSR count). The zero-order chi connectivity index (χ0) is 17.6. The second kappa shape index (κ2) is 8.14. The van der Waals surface area contributed by atoms with Gasteiger partial charge in [-0.15, -0.1) is 0 Å². The van der Waals surface area contributed by atoms with Crippen LogP contribution in [0, 0.1) is 6.92 Å². The first-order chi connectivity index (χ1) is 12.2. The van der Waals surface area contributed by atoms with Crippen molar-refractivity contribution in [2.75, 3.05) is 24.5 Å². The number of likely N-dealkylation sites (tertiary alicyclic amines) is 1. The van der Waals surface area contributed by atoms with Crippen LogP contribution >= 0.6 is 0 Å². The molecule has 2 aromatic rings. The fourth-order valence-corrected chi connectivity index (χ4v) is 3.13. The van der Waals surface area contributed by atoms with Crippen LogP contribution in [0.25, 0.3) is 0 Å². The standard InChI is InChI=1S/C19H26N4O2/c1-3-17-20-18(25-21-17)13-23(16-9-7-8-15(2)12-16)14-19(24)22-10-5-4-6-11-22/h7-9,12H,3-6,10-11,13-14H2,1-2H3. The first-order valence-corrected chi connectivity index (χ1v) is 9.06. The third kappa shape index (κ3) is 4.59. The number of piperidine rings is 1. The van der Waals surface area contributed by atoms with E-state index in [1.807, 2.05) is 28.9 Å². The molecule has 6 nitrogen and oxygen atoms in total. The second-order valence-corrected chi connectivity index (χ2v) is 6.59. The van der Waals surface area contributed by atoms with E-state index in [0.29, 0.717) is 24.8 Å². The molecule has 1 fully saturated rings. The summed E-state index contributed by atoms with van der Waals surface area (Å²) in [6.07, 6.45) is 4.15. The Morgan fingerprint density at radius 3 is 2.76 bits per heavy atom. The van der Waals surface area contributed by atoms with Crippen molar-refractivity contribution in [2.24, 2.45) is 0 Å². The van der Waals surface area contributed by atoms with Crippen molar-refractivity contribution in [2.45, 2.75) is 46.1 Å². The van der Waals surface area contributed by atoms with E-state index in [2.05, 4.69) is 29.2 Å². The minimum Gasteiger partial charge on any atom is -0.353 e. The lowest BCUT2D eigenvalue weighted by Gasteiger charge is -2.30. The Morgan fingerprint density at radius 2 is 2.08 bits per heavy atom. The predicted molar refractivity (Wildman–Crippen MR) is 96.3 cm³/mol. The van der Waals surface area contributed by atoms with Gasteiger partial charge in [0.2, 0.25) is 11.8 Å². The number of carbonyl (C=O) groups excluding carboxylic acids is 1. The monoisotopic (exact) mass is 342 g/mol. The van der Waals surface area contributed by atoms with Gasteiger partial charge in [0.1, 0.15) is 0 Å². The first kappa shape index (κ1) is 17.5. The van der Waals surface area contributed by atoms with Crippen LogP contribution in [-0.2, 0) is 17.8 Å². The Hall–Kier alpha value is -2.37. The molecule has 0 saturated carbocycles. The molecule has 0 unspecified atom stereocenters. The summed E-state index contributed by atoms with van der Waals surface area (Å²) in [7, 11) is 0. The largest absolute Gasteiger partial charge is 0.353 e. The van der Waals surface area contributed by atoms with Crippen molar-refractivity contribution < 1.29 is 9.32 Å². The Morgan fingerprint density at radius 1 is 1.28 bits per heavy atom. The average Bonchev–Trinajstić information content (AvgIpc) is 3.09. The van der Waals surface area contributed by atoms with Crippen LogP contribution in [-0.4, -0.2) is 40.6 Å². The molecule has 1 aromatic heterocycles. The van der Waals surface area contributed by atoms with E-state index in [-0.39, 0.29) is 5.91 Å². The zero-order valence-corrected chi connectivity index (χ0v) is 15.1. The Balaban J connectivity index is 1.77. The summed E-state index contributed by atoms with van der Waals surface area (Å²) in [6, 6.07) is 8.17. The number of aromatic nitrogens is 2. The highest BCUT2D eigenvalue weighted by molar-refractivity contribution is 5.81. The van der Waals surface area contributed by atoms with Crippen molar-refractivity contribution in [1.29, 1.82) is 0 Å². The van der Waals surface area contributed by atoms with Crippen LogP contribution in [0.5, 0.6) is 0 Å². The lowest BCUT2D eigenvalue weighted by Crippen LogP contribution is -2.42. The molecular formula is C19H26N4O2. The highest BCUT2D eigenvalue weighted by Crippen LogP contribution is 2.19. The van der Waals surface area contributed by atoms with Crippen molar-refractivity contribution in [1.82, 2.24) is 15.0 Å². The topological polar surface area (TPSA) is 62.5 Å². The third-order valence-corrected chi connectivity index (χ3v) is 4.55. The van der Waals surface area contributed by atoms with E-state index < -0.39 is 0 Å². The normalized spacial score (nSPS) is 14.6. The molecule has 1 saturated heterocycles. The van der Waals surface area contributed by atoms with Crippen LogP contribution in [0.1, 0.15) is 43.5 Å². The Bertz CT molecular complexity index is 707. The molecule has 134 valence electrons. The molecular weight excluding hydrogens is 316 g/mol. The molecule has 0 spiro atoms. The molecule has 1 aliphatic heterocycles. The average molecular weight is 342 g/mol. The van der Waals surface area contributed by atoms with Crippen molar-refractivity contribution >= 4 is 11.6 Å². The minimum atomic E-state index is 0.163. The summed E-state index contributed by atoms with van der Waals surface area (Å²) in [6.45, 7) is 6.54. The molecule has 1 aliphatic rings. The van der Waals surface area contributed by atoms with Crippen molar-refractivity contribution in [3.63, 3.8) is 0 Å². The molecule has 0 aliphatic carbocycles. The molecule has 1 amide bonds. The number of amides is 1. The van der Waals surface area contributed by atoms with Gasteiger partial charge in [-0.25, -0.2) is 0 Å². The van der Waals surface area contributed by atoms with E-state index in [1.54, 1.807) is 0 Å². The number of nitrogens with zero attached hydrogens (tertiary/aromatic N) is 4. The van der Waals surface area contributed by atoms with Crippen LogP contribution < -0.4 is 4.90 Å². The minimum absolute atomic E-state index is 0.163. The molecule has 1 aromatic carbocycles. The van der Waals surface area contributed by atoms with Gasteiger partial charge in [0.15, 0.2) is 5.82 Å². The van der Waals surface area contributed by atoms with E-state index in [1.165, 1.54) is 6.42 Å². The lowest BCUT2D eigenvalue weighted by atomic mass is 10.1. The fourth-order valence-electron chi connectivity index (χ4n) is 3.13. The van der Waals surface area contributed by atoms with E-state index in [0.717, 1.165) is 43.6 Å². The van der Waals surface area contributed by atoms with Gasteiger partial charge in [-0.05, 0) is 43.9 Å². The summed E-state index contributed by atoms with van der Waals surface area (Å²) < 4.78 is 5.34. The van der Waals surface area contributed by atoms with Gasteiger partial charge >= 0.3 is 0 Å². The molecule has 0 atom stereocenters. The maximum Gasteiger partial charge on any atom is 0.246 e. The van der Waals surface area contributed by atoms with Crippen LogP contribution in [0.4, 0.5) is 5.69 Å². The van der Waals surface area contributed by atoms with Gasteiger partial charge in [-0.3, -0.25) is 4.79 Å². The summed E-state index contributed by atoms with van der Waals surface area (Å²) in [5.74, 6) is 1.41. The van der Waals surface area contributed by atoms with Gasteiger partial charge in [-0.1, -0.05) is 24.2 Å². The zero-order valence-electron chi connectivity index (χ0n) is 15.1. The highest BCUT2D eigenvalue weighted by Gasteiger charge is 2.21. The maximum absolute atomic E-state index is 12.7. The van der Waals surface area contributed by atoms with E-state index in [9.17, 15) is 4.79 Å². The lowest BCUT2D eigenvalue weighted by molar-refractivity contribution is -0.130. The van der Waals surface area contributed by atoms with Crippen LogP contribution in [0.3, 0.4) is 0 Å². The third-order valence-electron chi connectivity index (χ3n) is 4.55. The highest BCUT2D eigenvalue weighted by atomic mass is 16.5. The Labute approximate surface area is 148 Å². The van der Waals surface area contributed by atoms with Gasteiger partial charge in [0.05, 0.1) is 13.1 Å². The van der Waals surface area contributed by atoms with Gasteiger partial charge in [0.25, 0.3) is 0 Å². The fraction of sp³-hybridized carbons (Fsp3) is 0.526. The van der Waals surface area contributed by atoms with E-state index in [4.69, 9.17) is 4.52 Å². The molecule has 25 heavy (non-hydrogen) atoms. The number of rotatable bonds is 6. The van der Waals surface area contributed by atoms with Gasteiger partial charge < -0.3 is 14.3 Å². The molecule has 6 heteroatoms. The SMILES string of the molecule is CCc1noc(CN(CC(=O)N2CCCCC2)c2cccc(C)c2)n1. The second-order valence-electron chi connectivity index (χ2n) is 6.59. The number of benzene rings is 1. The molecule has 2 heterocycles. The summed E-state index contributed by atoms with van der Waals surface area (Å²) in [5.41, 5.74) is 2.16. The predicted octanol–water partition coefficient (Wildman–Crippen LogP) is 2.96. The van der Waals surface area contributed by atoms with Gasteiger partial charge in [-0.2, -0.15) is 4.98 Å². The quantitative estimate of drug-likeness (QED) is 0.808. The number of hydrogen-bond donors (Lipinski definition) is 0. The maximum atomic E-state index is 12.7. The van der Waals surface area contributed by atoms with Crippen LogP contribution in [0.2, 0.25) is 0 Å². The smallest absolute Gasteiger partial charge is 0.246 e. The summed E-state index contributed by atoms with van der Waals surface area (Å²) in [4.78, 5) is 21.1. The number of aryl methyl sites for hydroxylation is 2. The summed E-state index contributed by atoms with van der Waals surface area (Å²) >= 11 is 0. The van der Waals surface area contributed by atoms with E-state index >= 15 is 0 Å².